The molecule has 0 aliphatic carbocycles. The van der Waals surface area contributed by atoms with Gasteiger partial charge in [-0.05, 0) is 6.07 Å². The SMILES string of the molecule is [CH-]=C(/C=C\[CH]=[W])O[C-]=C/C=C\[C-]=[W].[CH2-]c1cc(OC)ccc1[S-](=O)=O.[W]. The molecule has 0 amide bonds. The fourth-order valence-corrected chi connectivity index (χ4v) is 2.26. The molecule has 1 aromatic rings. The van der Waals surface area contributed by atoms with Crippen LogP contribution in [-0.4, -0.2) is 15.9 Å². The van der Waals surface area contributed by atoms with Crippen LogP contribution in [0.5, 0.6) is 5.75 Å². The van der Waals surface area contributed by atoms with E-state index in [9.17, 15) is 8.42 Å². The molecule has 0 radical (unpaired) electrons. The van der Waals surface area contributed by atoms with E-state index in [0.29, 0.717) is 17.1 Å². The van der Waals surface area contributed by atoms with Gasteiger partial charge in [-0.1, -0.05) is 0 Å². The van der Waals surface area contributed by atoms with Gasteiger partial charge >= 0.3 is 101 Å². The Morgan fingerprint density at radius 1 is 1.35 bits per heavy atom. The predicted octanol–water partition coefficient (Wildman–Crippen LogP) is 2.87. The maximum absolute atomic E-state index is 10.5. The first-order valence-electron chi connectivity index (χ1n) is 6.58. The van der Waals surface area contributed by atoms with Crippen LogP contribution < -0.4 is 4.74 Å². The van der Waals surface area contributed by atoms with Crippen LogP contribution >= 0.6 is 0 Å². The van der Waals surface area contributed by atoms with Crippen molar-refractivity contribution in [1.82, 2.24) is 0 Å². The van der Waals surface area contributed by atoms with Crippen LogP contribution in [0, 0.1) is 19.8 Å². The topological polar surface area (TPSA) is 52.6 Å². The van der Waals surface area contributed by atoms with E-state index in [1.165, 1.54) is 51.9 Å². The van der Waals surface area contributed by atoms with Gasteiger partial charge in [-0.3, -0.25) is 0 Å². The molecule has 0 atom stereocenters. The van der Waals surface area contributed by atoms with E-state index >= 15 is 0 Å². The zero-order valence-electron chi connectivity index (χ0n) is 13.7. The summed E-state index contributed by atoms with van der Waals surface area (Å²) in [5, 5.41) is 0. The standard InChI is InChI=1S/C10H7O.C8H8O3S.3W/c1-4-6-7-9-11-10(3)8-5-2;1-6-5-7(11-2)3-4-8(6)12(9)10;;;/h2-8H;3-5H,1H2,2H3;;;/q-3;-2;;;/b6-4-,8-5-;;;;. The van der Waals surface area contributed by atoms with Crippen molar-refractivity contribution in [1.29, 1.82) is 0 Å². The van der Waals surface area contributed by atoms with E-state index in [0.717, 1.165) is 0 Å². The van der Waals surface area contributed by atoms with E-state index in [-0.39, 0.29) is 26.0 Å². The summed E-state index contributed by atoms with van der Waals surface area (Å²) in [6, 6.07) is 4.62. The first-order valence-corrected chi connectivity index (χ1v) is 10.8. The van der Waals surface area contributed by atoms with Crippen molar-refractivity contribution in [2.75, 3.05) is 7.11 Å². The van der Waals surface area contributed by atoms with Gasteiger partial charge in [0.1, 0.15) is 0 Å². The Morgan fingerprint density at radius 3 is 2.54 bits per heavy atom. The zero-order chi connectivity index (χ0) is 19.1. The third-order valence-corrected chi connectivity index (χ3v) is 4.10. The van der Waals surface area contributed by atoms with Crippen molar-refractivity contribution in [2.45, 2.75) is 4.90 Å². The Balaban J connectivity index is 0. The maximum atomic E-state index is 10.5. The van der Waals surface area contributed by atoms with Crippen molar-refractivity contribution in [2.24, 2.45) is 0 Å². The van der Waals surface area contributed by atoms with Gasteiger partial charge in [-0.15, -0.1) is 22.8 Å². The molecule has 0 saturated carbocycles. The molecule has 1 rings (SSSR count). The molecule has 26 heavy (non-hydrogen) atoms. The smallest absolute Gasteiger partial charge is 0.0759 e. The molecule has 0 N–H and O–H groups in total. The molecule has 0 bridgehead atoms. The maximum Gasteiger partial charge on any atom is 0.0759 e. The summed E-state index contributed by atoms with van der Waals surface area (Å²) in [5.74, 6) is 0.937. The van der Waals surface area contributed by atoms with Crippen LogP contribution in [0.1, 0.15) is 5.56 Å². The molecule has 0 heterocycles. The summed E-state index contributed by atoms with van der Waals surface area (Å²) in [6.45, 7) is 9.03. The number of methoxy groups -OCH3 is 1. The quantitative estimate of drug-likeness (QED) is 0.175. The largest absolute Gasteiger partial charge is 0.510 e. The number of hydrogen-bond donors (Lipinski definition) is 0. The van der Waals surface area contributed by atoms with Crippen molar-refractivity contribution in [3.63, 3.8) is 0 Å². The first kappa shape index (κ1) is 27.6. The molecule has 0 aliphatic heterocycles. The molecule has 4 nitrogen and oxygen atoms in total. The van der Waals surface area contributed by atoms with E-state index < -0.39 is 10.7 Å². The average Bonchev–Trinajstić information content (AvgIpc) is 2.59. The summed E-state index contributed by atoms with van der Waals surface area (Å²) in [6.07, 6.45) is 11.3. The second-order valence-electron chi connectivity index (χ2n) is 3.97. The van der Waals surface area contributed by atoms with Crippen molar-refractivity contribution in [3.05, 3.63) is 79.7 Å². The van der Waals surface area contributed by atoms with E-state index in [1.807, 2.05) is 10.5 Å². The molecule has 0 aromatic heterocycles. The number of benzene rings is 1. The van der Waals surface area contributed by atoms with E-state index in [1.54, 1.807) is 36.4 Å². The molecule has 1 aromatic carbocycles. The fourth-order valence-electron chi connectivity index (χ4n) is 1.24. The molecule has 140 valence electrons. The van der Waals surface area contributed by atoms with Gasteiger partial charge < -0.3 is 13.2 Å². The molecule has 0 saturated heterocycles. The fraction of sp³-hybridized carbons (Fsp3) is 0.0556. The van der Waals surface area contributed by atoms with Gasteiger partial charge in [0.2, 0.25) is 0 Å². The third kappa shape index (κ3) is 13.6. The van der Waals surface area contributed by atoms with Gasteiger partial charge in [0, 0.05) is 21.1 Å². The van der Waals surface area contributed by atoms with Crippen LogP contribution in [0.3, 0.4) is 0 Å². The number of allylic oxidation sites excluding steroid dienone is 5. The Hall–Kier alpha value is -0.595. The Kier molecular flexibility index (Phi) is 18.9. The van der Waals surface area contributed by atoms with Crippen LogP contribution in [0.4, 0.5) is 0 Å². The minimum atomic E-state index is -2.22. The summed E-state index contributed by atoms with van der Waals surface area (Å²) >= 11 is 2.66. The molecular weight excluding hydrogens is 864 g/mol. The average molecular weight is 879 g/mol. The third-order valence-electron chi connectivity index (χ3n) is 2.29. The zero-order valence-corrected chi connectivity index (χ0v) is 23.4. The van der Waals surface area contributed by atoms with Gasteiger partial charge in [0.15, 0.2) is 0 Å². The van der Waals surface area contributed by atoms with Crippen molar-refractivity contribution >= 4 is 19.5 Å². The molecule has 0 aliphatic rings. The van der Waals surface area contributed by atoms with Gasteiger partial charge in [-0.2, -0.15) is 11.8 Å². The number of rotatable bonds is 8. The van der Waals surface area contributed by atoms with Gasteiger partial charge in [0.25, 0.3) is 0 Å². The molecular formula is C18H15O4SW3-5. The first-order chi connectivity index (χ1) is 12.0. The van der Waals surface area contributed by atoms with Crippen LogP contribution in [0.2, 0.25) is 0 Å². The summed E-state index contributed by atoms with van der Waals surface area (Å²) in [7, 11) is -0.702. The van der Waals surface area contributed by atoms with Crippen LogP contribution in [0.15, 0.2) is 59.2 Å². The molecule has 0 spiro atoms. The van der Waals surface area contributed by atoms with Crippen LogP contribution in [-0.2, 0) is 83.6 Å². The monoisotopic (exact) mass is 879 g/mol. The predicted molar refractivity (Wildman–Crippen MR) is 90.5 cm³/mol. The van der Waals surface area contributed by atoms with E-state index in [2.05, 4.69) is 17.6 Å². The van der Waals surface area contributed by atoms with Crippen LogP contribution in [0.25, 0.3) is 0 Å². The molecule has 8 heteroatoms. The second-order valence-corrected chi connectivity index (χ2v) is 6.70. The number of hydrogen-bond acceptors (Lipinski definition) is 5. The van der Waals surface area contributed by atoms with Gasteiger partial charge in [0.05, 0.1) is 12.9 Å². The summed E-state index contributed by atoms with van der Waals surface area (Å²) < 4.78 is 35.7. The Morgan fingerprint density at radius 2 is 2.04 bits per heavy atom. The van der Waals surface area contributed by atoms with Crippen molar-refractivity contribution in [3.8, 4) is 5.75 Å². The summed E-state index contributed by atoms with van der Waals surface area (Å²) in [5.41, 5.74) is 0.447. The minimum absolute atomic E-state index is 0. The summed E-state index contributed by atoms with van der Waals surface area (Å²) in [4.78, 5) is 0.204. The Labute approximate surface area is 193 Å². The molecule has 0 fully saturated rings. The second kappa shape index (κ2) is 17.8. The van der Waals surface area contributed by atoms with Crippen molar-refractivity contribution < 1.29 is 77.7 Å². The molecule has 0 unspecified atom stereocenters. The number of ether oxygens (including phenoxy) is 2. The van der Waals surface area contributed by atoms with Gasteiger partial charge in [-0.25, -0.2) is 5.56 Å². The minimum Gasteiger partial charge on any atom is -0.510 e. The van der Waals surface area contributed by atoms with E-state index in [4.69, 9.17) is 16.1 Å². The normalized spacial score (nSPS) is 10.2. The Bertz CT molecular complexity index is 743.